The molecule has 6 nitrogen and oxygen atoms in total. The number of hydrogen-bond acceptors (Lipinski definition) is 6. The molecule has 1 N–H and O–H groups in total. The number of para-hydroxylation sites is 1. The second-order valence-electron chi connectivity index (χ2n) is 8.63. The molecule has 32 heavy (non-hydrogen) atoms. The van der Waals surface area contributed by atoms with Crippen molar-refractivity contribution in [1.82, 2.24) is 15.3 Å². The number of carbonyl (C=O) groups is 1. The summed E-state index contributed by atoms with van der Waals surface area (Å²) in [7, 11) is 0. The third-order valence-corrected chi connectivity index (χ3v) is 6.94. The lowest BCUT2D eigenvalue weighted by Crippen LogP contribution is -2.41. The summed E-state index contributed by atoms with van der Waals surface area (Å²) in [4.78, 5) is 26.1. The Morgan fingerprint density at radius 3 is 2.72 bits per heavy atom. The van der Waals surface area contributed by atoms with Gasteiger partial charge in [-0.15, -0.1) is 11.3 Å². The Balaban J connectivity index is 1.41. The van der Waals surface area contributed by atoms with E-state index < -0.39 is 0 Å². The van der Waals surface area contributed by atoms with E-state index in [0.29, 0.717) is 13.2 Å². The normalized spacial score (nSPS) is 14.8. The first-order chi connectivity index (χ1) is 15.5. The van der Waals surface area contributed by atoms with Crippen LogP contribution in [0.15, 0.2) is 29.6 Å². The first kappa shape index (κ1) is 22.5. The van der Waals surface area contributed by atoms with Gasteiger partial charge in [-0.1, -0.05) is 32.0 Å². The van der Waals surface area contributed by atoms with Crippen molar-refractivity contribution >= 4 is 34.0 Å². The Morgan fingerprint density at radius 1 is 1.25 bits per heavy atom. The number of benzene rings is 1. The molecule has 7 heteroatoms. The van der Waals surface area contributed by atoms with Crippen molar-refractivity contribution in [3.05, 3.63) is 45.9 Å². The monoisotopic (exact) mass is 452 g/mol. The Hall–Kier alpha value is -2.67. The van der Waals surface area contributed by atoms with Crippen molar-refractivity contribution in [1.29, 1.82) is 0 Å². The molecule has 4 rings (SSSR count). The SMILES string of the molecule is CCOc1ccccc1CNC(=O)C1CCN(c2nc(C(C)C)nc3csc(C)c23)CC1. The second kappa shape index (κ2) is 9.86. The number of piperidine rings is 1. The van der Waals surface area contributed by atoms with Gasteiger partial charge in [0.05, 0.1) is 17.5 Å². The van der Waals surface area contributed by atoms with E-state index in [0.717, 1.165) is 59.8 Å². The van der Waals surface area contributed by atoms with E-state index in [1.165, 1.54) is 4.88 Å². The van der Waals surface area contributed by atoms with Gasteiger partial charge in [-0.05, 0) is 32.8 Å². The lowest BCUT2D eigenvalue weighted by molar-refractivity contribution is -0.125. The molecule has 0 radical (unpaired) electrons. The zero-order valence-corrected chi connectivity index (χ0v) is 20.2. The molecule has 0 atom stereocenters. The van der Waals surface area contributed by atoms with Gasteiger partial charge in [0.15, 0.2) is 0 Å². The number of hydrogen-bond donors (Lipinski definition) is 1. The minimum atomic E-state index is 0.0241. The van der Waals surface area contributed by atoms with E-state index in [4.69, 9.17) is 14.7 Å². The molecule has 170 valence electrons. The summed E-state index contributed by atoms with van der Waals surface area (Å²) in [5.41, 5.74) is 2.05. The number of rotatable bonds is 7. The van der Waals surface area contributed by atoms with Gasteiger partial charge in [0.2, 0.25) is 5.91 Å². The van der Waals surface area contributed by atoms with Crippen LogP contribution in [0, 0.1) is 12.8 Å². The summed E-state index contributed by atoms with van der Waals surface area (Å²) in [6.07, 6.45) is 1.65. The number of nitrogens with one attached hydrogen (secondary N) is 1. The summed E-state index contributed by atoms with van der Waals surface area (Å²) in [5, 5.41) is 6.41. The zero-order chi connectivity index (χ0) is 22.7. The number of anilines is 1. The molecule has 1 saturated heterocycles. The van der Waals surface area contributed by atoms with Crippen molar-refractivity contribution < 1.29 is 9.53 Å². The highest BCUT2D eigenvalue weighted by Crippen LogP contribution is 2.34. The van der Waals surface area contributed by atoms with Gasteiger partial charge in [-0.3, -0.25) is 4.79 Å². The van der Waals surface area contributed by atoms with Crippen LogP contribution in [0.3, 0.4) is 0 Å². The number of aromatic nitrogens is 2. The van der Waals surface area contributed by atoms with Crippen LogP contribution in [-0.2, 0) is 11.3 Å². The summed E-state index contributed by atoms with van der Waals surface area (Å²) in [6, 6.07) is 7.88. The maximum Gasteiger partial charge on any atom is 0.223 e. The Morgan fingerprint density at radius 2 is 2.00 bits per heavy atom. The van der Waals surface area contributed by atoms with Gasteiger partial charge in [-0.2, -0.15) is 0 Å². The average molecular weight is 453 g/mol. The van der Waals surface area contributed by atoms with Crippen molar-refractivity contribution in [2.24, 2.45) is 5.92 Å². The summed E-state index contributed by atoms with van der Waals surface area (Å²) in [5.74, 6) is 3.18. The van der Waals surface area contributed by atoms with Crippen molar-refractivity contribution in [3.8, 4) is 5.75 Å². The first-order valence-corrected chi connectivity index (χ1v) is 12.3. The molecule has 1 aromatic carbocycles. The number of amides is 1. The predicted molar refractivity (Wildman–Crippen MR) is 131 cm³/mol. The maximum atomic E-state index is 12.9. The molecule has 1 amide bonds. The fourth-order valence-corrected chi connectivity index (χ4v) is 5.00. The molecule has 1 aliphatic rings. The highest BCUT2D eigenvalue weighted by atomic mass is 32.1. The number of carbonyl (C=O) groups excluding carboxylic acids is 1. The molecular formula is C25H32N4O2S. The van der Waals surface area contributed by atoms with Crippen LogP contribution in [0.1, 0.15) is 55.8 Å². The third-order valence-electron chi connectivity index (χ3n) is 6.04. The van der Waals surface area contributed by atoms with E-state index >= 15 is 0 Å². The van der Waals surface area contributed by atoms with Crippen LogP contribution < -0.4 is 15.0 Å². The quantitative estimate of drug-likeness (QED) is 0.543. The molecular weight excluding hydrogens is 420 g/mol. The van der Waals surface area contributed by atoms with Gasteiger partial charge in [0.25, 0.3) is 0 Å². The van der Waals surface area contributed by atoms with E-state index in [-0.39, 0.29) is 17.7 Å². The number of nitrogens with zero attached hydrogens (tertiary/aromatic N) is 3. The van der Waals surface area contributed by atoms with Gasteiger partial charge in [0, 0.05) is 47.3 Å². The minimum Gasteiger partial charge on any atom is -0.494 e. The van der Waals surface area contributed by atoms with Crippen LogP contribution in [-0.4, -0.2) is 35.6 Å². The predicted octanol–water partition coefficient (Wildman–Crippen LogP) is 5.05. The number of fused-ring (bicyclic) bond motifs is 1. The molecule has 3 heterocycles. The molecule has 0 unspecified atom stereocenters. The Labute approximate surface area is 194 Å². The molecule has 2 aromatic heterocycles. The highest BCUT2D eigenvalue weighted by molar-refractivity contribution is 7.11. The largest absolute Gasteiger partial charge is 0.494 e. The summed E-state index contributed by atoms with van der Waals surface area (Å²) >= 11 is 1.73. The molecule has 0 spiro atoms. The minimum absolute atomic E-state index is 0.0241. The smallest absolute Gasteiger partial charge is 0.223 e. The molecule has 0 aliphatic carbocycles. The number of ether oxygens (including phenoxy) is 1. The van der Waals surface area contributed by atoms with Crippen LogP contribution in [0.4, 0.5) is 5.82 Å². The van der Waals surface area contributed by atoms with Gasteiger partial charge in [-0.25, -0.2) is 9.97 Å². The molecule has 1 aliphatic heterocycles. The van der Waals surface area contributed by atoms with Crippen molar-refractivity contribution in [2.75, 3.05) is 24.6 Å². The Bertz CT molecular complexity index is 1090. The van der Waals surface area contributed by atoms with Crippen molar-refractivity contribution in [3.63, 3.8) is 0 Å². The van der Waals surface area contributed by atoms with E-state index in [2.05, 4.69) is 36.4 Å². The van der Waals surface area contributed by atoms with E-state index in [1.54, 1.807) is 11.3 Å². The zero-order valence-electron chi connectivity index (χ0n) is 19.4. The maximum absolute atomic E-state index is 12.9. The molecule has 1 fully saturated rings. The summed E-state index contributed by atoms with van der Waals surface area (Å²) in [6.45, 7) is 11.1. The number of aryl methyl sites for hydroxylation is 1. The van der Waals surface area contributed by atoms with Crippen molar-refractivity contribution in [2.45, 2.75) is 53.0 Å². The topological polar surface area (TPSA) is 67.3 Å². The first-order valence-electron chi connectivity index (χ1n) is 11.5. The van der Waals surface area contributed by atoms with Gasteiger partial charge >= 0.3 is 0 Å². The van der Waals surface area contributed by atoms with Crippen LogP contribution in [0.25, 0.3) is 10.9 Å². The fraction of sp³-hybridized carbons (Fsp3) is 0.480. The van der Waals surface area contributed by atoms with Crippen LogP contribution >= 0.6 is 11.3 Å². The average Bonchev–Trinajstić information content (AvgIpc) is 3.19. The van der Waals surface area contributed by atoms with E-state index in [1.807, 2.05) is 31.2 Å². The van der Waals surface area contributed by atoms with Crippen LogP contribution in [0.5, 0.6) is 5.75 Å². The number of thiophene rings is 1. The fourth-order valence-electron chi connectivity index (χ4n) is 4.22. The molecule has 0 saturated carbocycles. The standard InChI is InChI=1S/C25H32N4O2S/c1-5-31-21-9-7-6-8-19(21)14-26-25(30)18-10-12-29(13-11-18)24-22-17(4)32-15-20(22)27-23(28-24)16(2)3/h6-9,15-16,18H,5,10-14H2,1-4H3,(H,26,30). The lowest BCUT2D eigenvalue weighted by Gasteiger charge is -2.33. The van der Waals surface area contributed by atoms with E-state index in [9.17, 15) is 4.79 Å². The third kappa shape index (κ3) is 4.72. The molecule has 0 bridgehead atoms. The molecule has 3 aromatic rings. The highest BCUT2D eigenvalue weighted by Gasteiger charge is 2.27. The van der Waals surface area contributed by atoms with Gasteiger partial charge in [0.1, 0.15) is 17.4 Å². The van der Waals surface area contributed by atoms with Gasteiger partial charge < -0.3 is 15.0 Å². The van der Waals surface area contributed by atoms with Crippen LogP contribution in [0.2, 0.25) is 0 Å². The lowest BCUT2D eigenvalue weighted by atomic mass is 9.95. The second-order valence-corrected chi connectivity index (χ2v) is 9.72. The Kier molecular flexibility index (Phi) is 6.94. The summed E-state index contributed by atoms with van der Waals surface area (Å²) < 4.78 is 5.67.